The first-order valence-electron chi connectivity index (χ1n) is 2.89. The summed E-state index contributed by atoms with van der Waals surface area (Å²) in [4.78, 5) is 0. The van der Waals surface area contributed by atoms with Gasteiger partial charge >= 0.3 is 0 Å². The molecule has 0 atom stereocenters. The normalized spacial score (nSPS) is 18.5. The van der Waals surface area contributed by atoms with Crippen molar-refractivity contribution in [2.24, 2.45) is 0 Å². The Bertz CT molecular complexity index is 167. The zero-order chi connectivity index (χ0) is 8.43. The van der Waals surface area contributed by atoms with Crippen LogP contribution in [0.15, 0.2) is 10.3 Å². The first-order valence-corrected chi connectivity index (χ1v) is 6.01. The van der Waals surface area contributed by atoms with Crippen molar-refractivity contribution < 1.29 is 0 Å². The van der Waals surface area contributed by atoms with E-state index in [4.69, 9.17) is 23.2 Å². The van der Waals surface area contributed by atoms with Crippen LogP contribution in [0.3, 0.4) is 0 Å². The van der Waals surface area contributed by atoms with Crippen LogP contribution in [0.5, 0.6) is 0 Å². The lowest BCUT2D eigenvalue weighted by Crippen LogP contribution is -2.15. The summed E-state index contributed by atoms with van der Waals surface area (Å²) in [7, 11) is 0. The van der Waals surface area contributed by atoms with Crippen LogP contribution in [0.1, 0.15) is 0 Å². The van der Waals surface area contributed by atoms with Gasteiger partial charge in [0.25, 0.3) is 0 Å². The lowest BCUT2D eigenvalue weighted by molar-refractivity contribution is 0.513. The van der Waals surface area contributed by atoms with Crippen LogP contribution in [0.25, 0.3) is 0 Å². The van der Waals surface area contributed by atoms with Crippen molar-refractivity contribution in [1.82, 2.24) is 8.61 Å². The van der Waals surface area contributed by atoms with Crippen molar-refractivity contribution in [1.29, 1.82) is 0 Å². The van der Waals surface area contributed by atoms with Crippen molar-refractivity contribution in [2.45, 2.75) is 0 Å². The summed E-state index contributed by atoms with van der Waals surface area (Å²) in [5.74, 6) is 0. The largest absolute Gasteiger partial charge is 0.284 e. The molecule has 0 radical (unpaired) electrons. The Morgan fingerprint density at radius 2 is 1.45 bits per heavy atom. The van der Waals surface area contributed by atoms with E-state index >= 15 is 0 Å². The minimum atomic E-state index is 0.619. The standard InChI is InChI=1S/C5H8Cl2N2S2/c1-10-8-3-9(11-2)5(7)4(8)6/h3H2,1-2H3. The molecule has 0 aliphatic carbocycles. The van der Waals surface area contributed by atoms with Crippen molar-refractivity contribution in [2.75, 3.05) is 19.2 Å². The van der Waals surface area contributed by atoms with Crippen LogP contribution >= 0.6 is 47.1 Å². The van der Waals surface area contributed by atoms with E-state index in [1.807, 2.05) is 21.1 Å². The quantitative estimate of drug-likeness (QED) is 0.532. The molecule has 0 saturated heterocycles. The first kappa shape index (κ1) is 9.71. The highest BCUT2D eigenvalue weighted by molar-refractivity contribution is 7.97. The summed E-state index contributed by atoms with van der Waals surface area (Å²) in [6, 6.07) is 0. The van der Waals surface area contributed by atoms with Crippen molar-refractivity contribution in [3.05, 3.63) is 10.3 Å². The molecule has 0 N–H and O–H groups in total. The fraction of sp³-hybridized carbons (Fsp3) is 0.600. The van der Waals surface area contributed by atoms with Crippen LogP contribution in [-0.2, 0) is 0 Å². The molecule has 1 aliphatic rings. The van der Waals surface area contributed by atoms with E-state index in [2.05, 4.69) is 0 Å². The molecule has 1 aliphatic heterocycles. The third kappa shape index (κ3) is 1.86. The zero-order valence-electron chi connectivity index (χ0n) is 6.17. The van der Waals surface area contributed by atoms with Crippen molar-refractivity contribution in [3.63, 3.8) is 0 Å². The molecule has 0 aromatic carbocycles. The minimum Gasteiger partial charge on any atom is -0.284 e. The molecule has 64 valence electrons. The van der Waals surface area contributed by atoms with E-state index in [-0.39, 0.29) is 0 Å². The molecule has 11 heavy (non-hydrogen) atoms. The van der Waals surface area contributed by atoms with Crippen molar-refractivity contribution >= 4 is 47.1 Å². The van der Waals surface area contributed by atoms with Gasteiger partial charge in [0.1, 0.15) is 6.67 Å². The molecular weight excluding hydrogens is 223 g/mol. The summed E-state index contributed by atoms with van der Waals surface area (Å²) < 4.78 is 3.86. The summed E-state index contributed by atoms with van der Waals surface area (Å²) >= 11 is 14.9. The molecule has 0 unspecified atom stereocenters. The third-order valence-electron chi connectivity index (χ3n) is 1.31. The fourth-order valence-corrected chi connectivity index (χ4v) is 2.58. The Hall–Kier alpha value is 0.620. The number of hydrogen-bond donors (Lipinski definition) is 0. The SMILES string of the molecule is CSN1CN(SC)C(Cl)=C1Cl. The molecule has 6 heteroatoms. The van der Waals surface area contributed by atoms with E-state index in [1.165, 1.54) is 0 Å². The molecule has 0 aromatic rings. The molecular formula is C5H8Cl2N2S2. The number of halogens is 2. The monoisotopic (exact) mass is 230 g/mol. The van der Waals surface area contributed by atoms with Gasteiger partial charge in [0.05, 0.1) is 0 Å². The van der Waals surface area contributed by atoms with Gasteiger partial charge in [0.2, 0.25) is 0 Å². The van der Waals surface area contributed by atoms with Gasteiger partial charge in [-0.1, -0.05) is 47.1 Å². The first-order chi connectivity index (χ1) is 5.20. The lowest BCUT2D eigenvalue weighted by atomic mass is 10.9. The molecule has 0 bridgehead atoms. The Balaban J connectivity index is 2.71. The van der Waals surface area contributed by atoms with E-state index in [1.54, 1.807) is 23.9 Å². The molecule has 1 heterocycles. The maximum absolute atomic E-state index is 5.90. The zero-order valence-corrected chi connectivity index (χ0v) is 9.32. The van der Waals surface area contributed by atoms with Gasteiger partial charge in [-0.15, -0.1) is 0 Å². The third-order valence-corrected chi connectivity index (χ3v) is 3.85. The van der Waals surface area contributed by atoms with Gasteiger partial charge in [-0.25, -0.2) is 0 Å². The second-order valence-corrected chi connectivity index (χ2v) is 4.17. The highest BCUT2D eigenvalue weighted by atomic mass is 35.5. The number of rotatable bonds is 2. The summed E-state index contributed by atoms with van der Waals surface area (Å²) in [6.45, 7) is 0.750. The highest BCUT2D eigenvalue weighted by Gasteiger charge is 2.25. The van der Waals surface area contributed by atoms with Crippen LogP contribution in [0, 0.1) is 0 Å². The molecule has 2 nitrogen and oxygen atoms in total. The fourth-order valence-electron chi connectivity index (χ4n) is 0.722. The van der Waals surface area contributed by atoms with Crippen LogP contribution in [-0.4, -0.2) is 27.8 Å². The van der Waals surface area contributed by atoms with Gasteiger partial charge in [-0.3, -0.25) is 8.61 Å². The summed E-state index contributed by atoms with van der Waals surface area (Å²) in [5, 5.41) is 1.24. The maximum atomic E-state index is 5.90. The Morgan fingerprint density at radius 1 is 1.09 bits per heavy atom. The highest BCUT2D eigenvalue weighted by Crippen LogP contribution is 2.36. The molecule has 0 spiro atoms. The van der Waals surface area contributed by atoms with E-state index in [0.29, 0.717) is 10.3 Å². The predicted molar refractivity (Wildman–Crippen MR) is 54.3 cm³/mol. The van der Waals surface area contributed by atoms with Gasteiger partial charge in [0.15, 0.2) is 10.3 Å². The Kier molecular flexibility index (Phi) is 3.55. The maximum Gasteiger partial charge on any atom is 0.152 e. The summed E-state index contributed by atoms with van der Waals surface area (Å²) in [5.41, 5.74) is 0. The second-order valence-electron chi connectivity index (χ2n) is 1.85. The second kappa shape index (κ2) is 4.03. The van der Waals surface area contributed by atoms with E-state index in [0.717, 1.165) is 6.67 Å². The average molecular weight is 231 g/mol. The molecule has 1 rings (SSSR count). The lowest BCUT2D eigenvalue weighted by Gasteiger charge is -2.16. The van der Waals surface area contributed by atoms with E-state index < -0.39 is 0 Å². The predicted octanol–water partition coefficient (Wildman–Crippen LogP) is 2.72. The van der Waals surface area contributed by atoms with Gasteiger partial charge < -0.3 is 0 Å². The van der Waals surface area contributed by atoms with Crippen LogP contribution in [0.4, 0.5) is 0 Å². The number of nitrogens with zero attached hydrogens (tertiary/aromatic N) is 2. The van der Waals surface area contributed by atoms with Gasteiger partial charge in [-0.2, -0.15) is 0 Å². The van der Waals surface area contributed by atoms with Gasteiger partial charge in [-0.05, 0) is 0 Å². The smallest absolute Gasteiger partial charge is 0.152 e. The summed E-state index contributed by atoms with van der Waals surface area (Å²) in [6.07, 6.45) is 3.94. The minimum absolute atomic E-state index is 0.619. The molecule has 0 aromatic heterocycles. The van der Waals surface area contributed by atoms with Gasteiger partial charge in [0, 0.05) is 12.5 Å². The molecule has 0 fully saturated rings. The number of hydrogen-bond acceptors (Lipinski definition) is 4. The average Bonchev–Trinajstić information content (AvgIpc) is 2.30. The van der Waals surface area contributed by atoms with Crippen molar-refractivity contribution in [3.8, 4) is 0 Å². The Morgan fingerprint density at radius 3 is 1.64 bits per heavy atom. The van der Waals surface area contributed by atoms with E-state index in [9.17, 15) is 0 Å². The molecule has 0 saturated carbocycles. The van der Waals surface area contributed by atoms with Crippen LogP contribution in [0.2, 0.25) is 0 Å². The van der Waals surface area contributed by atoms with Crippen LogP contribution < -0.4 is 0 Å². The Labute approximate surface area is 85.1 Å². The molecule has 0 amide bonds. The topological polar surface area (TPSA) is 6.48 Å².